The Morgan fingerprint density at radius 1 is 1.29 bits per heavy atom. The quantitative estimate of drug-likeness (QED) is 0.800. The van der Waals surface area contributed by atoms with Gasteiger partial charge in [-0.3, -0.25) is 0 Å². The highest BCUT2D eigenvalue weighted by Gasteiger charge is 2.32. The SMILES string of the molecule is CS(=O)(=O)NCCN1C[C@@H](CN)[C@H](c2ccccc2)C1.Cl. The normalized spacial score (nSPS) is 23.0. The van der Waals surface area contributed by atoms with Gasteiger partial charge in [-0.15, -0.1) is 12.4 Å². The zero-order valence-corrected chi connectivity index (χ0v) is 13.9. The Morgan fingerprint density at radius 2 is 1.95 bits per heavy atom. The number of hydrogen-bond donors (Lipinski definition) is 2. The third kappa shape index (κ3) is 5.56. The van der Waals surface area contributed by atoms with Crippen LogP contribution in [0, 0.1) is 5.92 Å². The fourth-order valence-corrected chi connectivity index (χ4v) is 3.31. The summed E-state index contributed by atoms with van der Waals surface area (Å²) in [5, 5.41) is 0. The second kappa shape index (κ2) is 8.10. The van der Waals surface area contributed by atoms with Gasteiger partial charge in [-0.2, -0.15) is 0 Å². The maximum absolute atomic E-state index is 11.1. The highest BCUT2D eigenvalue weighted by Crippen LogP contribution is 2.31. The molecular weight excluding hydrogens is 310 g/mol. The molecule has 3 N–H and O–H groups in total. The van der Waals surface area contributed by atoms with E-state index in [1.54, 1.807) is 0 Å². The van der Waals surface area contributed by atoms with Crippen molar-refractivity contribution in [2.75, 3.05) is 39.0 Å². The van der Waals surface area contributed by atoms with Crippen LogP contribution in [-0.2, 0) is 10.0 Å². The van der Waals surface area contributed by atoms with Crippen LogP contribution in [0.4, 0.5) is 0 Å². The van der Waals surface area contributed by atoms with Gasteiger partial charge in [0.05, 0.1) is 6.26 Å². The predicted molar refractivity (Wildman–Crippen MR) is 88.3 cm³/mol. The van der Waals surface area contributed by atoms with Crippen LogP contribution in [0.25, 0.3) is 0 Å². The summed E-state index contributed by atoms with van der Waals surface area (Å²) in [7, 11) is -3.10. The molecule has 120 valence electrons. The lowest BCUT2D eigenvalue weighted by Crippen LogP contribution is -2.33. The third-order valence-electron chi connectivity index (χ3n) is 3.84. The van der Waals surface area contributed by atoms with Gasteiger partial charge in [0.2, 0.25) is 10.0 Å². The van der Waals surface area contributed by atoms with E-state index in [0.29, 0.717) is 24.9 Å². The largest absolute Gasteiger partial charge is 0.330 e. The van der Waals surface area contributed by atoms with Crippen molar-refractivity contribution < 1.29 is 8.42 Å². The molecule has 7 heteroatoms. The van der Waals surface area contributed by atoms with Crippen molar-refractivity contribution in [1.82, 2.24) is 9.62 Å². The van der Waals surface area contributed by atoms with E-state index in [9.17, 15) is 8.42 Å². The smallest absolute Gasteiger partial charge is 0.208 e. The molecule has 0 amide bonds. The summed E-state index contributed by atoms with van der Waals surface area (Å²) in [6.45, 7) is 3.72. The molecule has 1 fully saturated rings. The zero-order chi connectivity index (χ0) is 14.6. The Hall–Kier alpha value is -0.660. The topological polar surface area (TPSA) is 75.4 Å². The molecule has 0 bridgehead atoms. The Balaban J connectivity index is 0.00000220. The Labute approximate surface area is 133 Å². The Bertz CT molecular complexity index is 524. The fourth-order valence-electron chi connectivity index (χ4n) is 2.85. The van der Waals surface area contributed by atoms with Gasteiger partial charge in [0.25, 0.3) is 0 Å². The van der Waals surface area contributed by atoms with Gasteiger partial charge in [0.1, 0.15) is 0 Å². The second-order valence-corrected chi connectivity index (χ2v) is 7.27. The number of likely N-dealkylation sites (tertiary alicyclic amines) is 1. The van der Waals surface area contributed by atoms with Crippen LogP contribution in [-0.4, -0.2) is 52.3 Å². The van der Waals surface area contributed by atoms with E-state index in [1.165, 1.54) is 11.8 Å². The van der Waals surface area contributed by atoms with Crippen LogP contribution >= 0.6 is 12.4 Å². The van der Waals surface area contributed by atoms with Gasteiger partial charge in [0.15, 0.2) is 0 Å². The molecule has 0 spiro atoms. The van der Waals surface area contributed by atoms with Crippen molar-refractivity contribution >= 4 is 22.4 Å². The van der Waals surface area contributed by atoms with Crippen LogP contribution in [0.1, 0.15) is 11.5 Å². The van der Waals surface area contributed by atoms with Crippen molar-refractivity contribution in [3.05, 3.63) is 35.9 Å². The molecule has 1 aromatic carbocycles. The number of sulfonamides is 1. The van der Waals surface area contributed by atoms with Gasteiger partial charge < -0.3 is 10.6 Å². The molecule has 0 saturated carbocycles. The van der Waals surface area contributed by atoms with Gasteiger partial charge in [-0.05, 0) is 18.0 Å². The molecule has 2 atom stereocenters. The maximum Gasteiger partial charge on any atom is 0.208 e. The minimum atomic E-state index is -3.10. The molecule has 21 heavy (non-hydrogen) atoms. The number of benzene rings is 1. The first-order valence-corrected chi connectivity index (χ1v) is 8.81. The lowest BCUT2D eigenvalue weighted by Gasteiger charge is -2.16. The number of nitrogens with two attached hydrogens (primary N) is 1. The molecule has 2 rings (SSSR count). The van der Waals surface area contributed by atoms with E-state index >= 15 is 0 Å². The summed E-state index contributed by atoms with van der Waals surface area (Å²) < 4.78 is 24.7. The van der Waals surface area contributed by atoms with Crippen molar-refractivity contribution in [2.45, 2.75) is 5.92 Å². The predicted octanol–water partition coefficient (Wildman–Crippen LogP) is 0.632. The summed E-state index contributed by atoms with van der Waals surface area (Å²) in [5.41, 5.74) is 7.20. The summed E-state index contributed by atoms with van der Waals surface area (Å²) in [4.78, 5) is 2.29. The van der Waals surface area contributed by atoms with Crippen molar-refractivity contribution in [3.63, 3.8) is 0 Å². The first kappa shape index (κ1) is 18.4. The zero-order valence-electron chi connectivity index (χ0n) is 12.2. The number of nitrogens with zero attached hydrogens (tertiary/aromatic N) is 1. The fraction of sp³-hybridized carbons (Fsp3) is 0.571. The van der Waals surface area contributed by atoms with Gasteiger partial charge >= 0.3 is 0 Å². The number of halogens is 1. The number of hydrogen-bond acceptors (Lipinski definition) is 4. The van der Waals surface area contributed by atoms with Crippen molar-refractivity contribution in [2.24, 2.45) is 11.7 Å². The van der Waals surface area contributed by atoms with E-state index in [-0.39, 0.29) is 12.4 Å². The summed E-state index contributed by atoms with van der Waals surface area (Å²) >= 11 is 0. The lowest BCUT2D eigenvalue weighted by molar-refractivity contribution is 0.329. The van der Waals surface area contributed by atoms with Gasteiger partial charge in [-0.25, -0.2) is 13.1 Å². The maximum atomic E-state index is 11.1. The van der Waals surface area contributed by atoms with Crippen LogP contribution in [0.3, 0.4) is 0 Å². The minimum absolute atomic E-state index is 0. The van der Waals surface area contributed by atoms with Gasteiger partial charge in [0, 0.05) is 32.1 Å². The summed E-state index contributed by atoms with van der Waals surface area (Å²) in [6, 6.07) is 10.4. The van der Waals surface area contributed by atoms with E-state index in [0.717, 1.165) is 19.6 Å². The van der Waals surface area contributed by atoms with Crippen molar-refractivity contribution in [1.29, 1.82) is 0 Å². The van der Waals surface area contributed by atoms with E-state index < -0.39 is 10.0 Å². The minimum Gasteiger partial charge on any atom is -0.330 e. The summed E-state index contributed by atoms with van der Waals surface area (Å²) in [5.74, 6) is 0.884. The molecule has 1 saturated heterocycles. The molecule has 0 aromatic heterocycles. The number of rotatable bonds is 6. The first-order chi connectivity index (χ1) is 9.49. The molecule has 1 aliphatic rings. The lowest BCUT2D eigenvalue weighted by atomic mass is 9.89. The Morgan fingerprint density at radius 3 is 2.52 bits per heavy atom. The highest BCUT2D eigenvalue weighted by atomic mass is 35.5. The highest BCUT2D eigenvalue weighted by molar-refractivity contribution is 7.88. The molecule has 0 radical (unpaired) electrons. The molecule has 1 aromatic rings. The molecule has 1 aliphatic heterocycles. The molecule has 5 nitrogen and oxygen atoms in total. The standard InChI is InChI=1S/C14H23N3O2S.ClH/c1-20(18,19)16-7-8-17-10-13(9-15)14(11-17)12-5-3-2-4-6-12;/h2-6,13-14,16H,7-11,15H2,1H3;1H/t13-,14+;/m1./s1. The van der Waals surface area contributed by atoms with Crippen LogP contribution < -0.4 is 10.5 Å². The van der Waals surface area contributed by atoms with Crippen LogP contribution in [0.2, 0.25) is 0 Å². The van der Waals surface area contributed by atoms with Crippen LogP contribution in [0.5, 0.6) is 0 Å². The van der Waals surface area contributed by atoms with E-state index in [2.05, 4.69) is 33.9 Å². The second-order valence-electron chi connectivity index (χ2n) is 5.44. The summed E-state index contributed by atoms with van der Waals surface area (Å²) in [6.07, 6.45) is 1.19. The van der Waals surface area contributed by atoms with E-state index in [1.807, 2.05) is 6.07 Å². The third-order valence-corrected chi connectivity index (χ3v) is 4.57. The van der Waals surface area contributed by atoms with E-state index in [4.69, 9.17) is 5.73 Å². The molecule has 0 aliphatic carbocycles. The van der Waals surface area contributed by atoms with Crippen molar-refractivity contribution in [3.8, 4) is 0 Å². The average molecular weight is 334 g/mol. The first-order valence-electron chi connectivity index (χ1n) is 6.91. The monoisotopic (exact) mass is 333 g/mol. The molecule has 0 unspecified atom stereocenters. The van der Waals surface area contributed by atoms with Gasteiger partial charge in [-0.1, -0.05) is 30.3 Å². The van der Waals surface area contributed by atoms with Crippen LogP contribution in [0.15, 0.2) is 30.3 Å². The molecular formula is C14H24ClN3O2S. The molecule has 1 heterocycles. The Kier molecular flexibility index (Phi) is 7.09. The average Bonchev–Trinajstić information content (AvgIpc) is 2.81. The number of nitrogens with one attached hydrogen (secondary N) is 1.